The highest BCUT2D eigenvalue weighted by Gasteiger charge is 2.06. The first-order valence-electron chi connectivity index (χ1n) is 7.97. The fraction of sp³-hybridized carbons (Fsp3) is 0.333. The van der Waals surface area contributed by atoms with Gasteiger partial charge in [0.1, 0.15) is 12.4 Å². The molecule has 0 spiro atoms. The number of halogens is 2. The van der Waals surface area contributed by atoms with Gasteiger partial charge in [-0.2, -0.15) is 0 Å². The third kappa shape index (κ3) is 7.52. The van der Waals surface area contributed by atoms with Crippen LogP contribution in [-0.2, 0) is 17.8 Å². The predicted molar refractivity (Wildman–Crippen MR) is 110 cm³/mol. The van der Waals surface area contributed by atoms with E-state index in [1.165, 1.54) is 12.1 Å². The molecule has 0 saturated heterocycles. The van der Waals surface area contributed by atoms with E-state index in [-0.39, 0.29) is 29.8 Å². The molecule has 0 radical (unpaired) electrons. The lowest BCUT2D eigenvalue weighted by Crippen LogP contribution is -2.36. The molecule has 142 valence electrons. The fourth-order valence-corrected chi connectivity index (χ4v) is 2.14. The van der Waals surface area contributed by atoms with Crippen molar-refractivity contribution < 1.29 is 13.9 Å². The van der Waals surface area contributed by atoms with Gasteiger partial charge in [-0.3, -0.25) is 4.99 Å². The molecule has 1 aromatic heterocycles. The second kappa shape index (κ2) is 12.4. The number of benzene rings is 1. The predicted octanol–water partition coefficient (Wildman–Crippen LogP) is 2.73. The number of aromatic nitrogens is 1. The second-order valence-electron chi connectivity index (χ2n) is 5.22. The Bertz CT molecular complexity index is 700. The van der Waals surface area contributed by atoms with Crippen LogP contribution >= 0.6 is 24.0 Å². The average Bonchev–Trinajstić information content (AvgIpc) is 2.63. The van der Waals surface area contributed by atoms with E-state index < -0.39 is 0 Å². The van der Waals surface area contributed by atoms with Gasteiger partial charge in [-0.1, -0.05) is 18.2 Å². The number of methoxy groups -OCH3 is 1. The zero-order valence-corrected chi connectivity index (χ0v) is 17.2. The molecule has 6 nitrogen and oxygen atoms in total. The number of hydrogen-bond acceptors (Lipinski definition) is 4. The molecule has 0 aliphatic rings. The smallest absolute Gasteiger partial charge is 0.218 e. The highest BCUT2D eigenvalue weighted by atomic mass is 127. The minimum absolute atomic E-state index is 0. The van der Waals surface area contributed by atoms with Crippen molar-refractivity contribution in [3.05, 3.63) is 59.5 Å². The third-order valence-electron chi connectivity index (χ3n) is 3.40. The van der Waals surface area contributed by atoms with Gasteiger partial charge >= 0.3 is 0 Å². The van der Waals surface area contributed by atoms with Gasteiger partial charge in [0.05, 0.1) is 6.61 Å². The average molecular weight is 474 g/mol. The lowest BCUT2D eigenvalue weighted by Gasteiger charge is -2.14. The zero-order valence-electron chi connectivity index (χ0n) is 14.9. The van der Waals surface area contributed by atoms with Crippen molar-refractivity contribution in [2.45, 2.75) is 13.1 Å². The van der Waals surface area contributed by atoms with E-state index in [1.807, 2.05) is 18.2 Å². The van der Waals surface area contributed by atoms with Crippen LogP contribution in [0.2, 0.25) is 0 Å². The Morgan fingerprint density at radius 2 is 1.96 bits per heavy atom. The molecule has 0 unspecified atom stereocenters. The summed E-state index contributed by atoms with van der Waals surface area (Å²) in [6.07, 6.45) is 1.68. The molecule has 2 N–H and O–H groups in total. The van der Waals surface area contributed by atoms with Gasteiger partial charge in [0, 0.05) is 39.0 Å². The third-order valence-corrected chi connectivity index (χ3v) is 3.40. The molecule has 0 aliphatic carbocycles. The van der Waals surface area contributed by atoms with Gasteiger partial charge in [0.2, 0.25) is 5.88 Å². The van der Waals surface area contributed by atoms with Crippen LogP contribution in [0, 0.1) is 5.82 Å². The molecule has 0 aliphatic heterocycles. The first-order chi connectivity index (χ1) is 12.2. The van der Waals surface area contributed by atoms with Crippen LogP contribution in [-0.4, -0.2) is 38.3 Å². The van der Waals surface area contributed by atoms with Crippen molar-refractivity contribution in [2.24, 2.45) is 4.99 Å². The lowest BCUT2D eigenvalue weighted by atomic mass is 10.2. The van der Waals surface area contributed by atoms with Crippen molar-refractivity contribution >= 4 is 29.9 Å². The summed E-state index contributed by atoms with van der Waals surface area (Å²) in [6, 6.07) is 10.2. The Morgan fingerprint density at radius 3 is 2.69 bits per heavy atom. The molecule has 0 fully saturated rings. The van der Waals surface area contributed by atoms with Crippen molar-refractivity contribution in [2.75, 3.05) is 27.4 Å². The van der Waals surface area contributed by atoms with Crippen LogP contribution in [0.5, 0.6) is 5.88 Å². The fourth-order valence-electron chi connectivity index (χ4n) is 2.14. The van der Waals surface area contributed by atoms with Crippen molar-refractivity contribution in [3.8, 4) is 5.88 Å². The summed E-state index contributed by atoms with van der Waals surface area (Å²) in [5, 5.41) is 6.34. The van der Waals surface area contributed by atoms with Crippen molar-refractivity contribution in [1.29, 1.82) is 0 Å². The molecule has 0 saturated carbocycles. The highest BCUT2D eigenvalue weighted by molar-refractivity contribution is 14.0. The Balaban J connectivity index is 0.00000338. The summed E-state index contributed by atoms with van der Waals surface area (Å²) < 4.78 is 23.8. The summed E-state index contributed by atoms with van der Waals surface area (Å²) >= 11 is 0. The van der Waals surface area contributed by atoms with E-state index in [9.17, 15) is 4.39 Å². The number of ether oxygens (including phenoxy) is 2. The van der Waals surface area contributed by atoms with Crippen LogP contribution in [0.1, 0.15) is 11.1 Å². The molecule has 26 heavy (non-hydrogen) atoms. The maximum absolute atomic E-state index is 13.2. The molecule has 0 atom stereocenters. The summed E-state index contributed by atoms with van der Waals surface area (Å²) in [5.74, 6) is 0.916. The van der Waals surface area contributed by atoms with Gasteiger partial charge in [-0.05, 0) is 23.8 Å². The normalized spacial score (nSPS) is 10.8. The van der Waals surface area contributed by atoms with Crippen LogP contribution in [0.3, 0.4) is 0 Å². The van der Waals surface area contributed by atoms with Crippen LogP contribution in [0.15, 0.2) is 47.6 Å². The van der Waals surface area contributed by atoms with E-state index in [4.69, 9.17) is 9.47 Å². The monoisotopic (exact) mass is 474 g/mol. The number of nitrogens with one attached hydrogen (secondary N) is 2. The molecule has 8 heteroatoms. The number of hydrogen-bond donors (Lipinski definition) is 2. The Hall–Kier alpha value is -1.94. The van der Waals surface area contributed by atoms with Gasteiger partial charge in [-0.15, -0.1) is 24.0 Å². The van der Waals surface area contributed by atoms with Gasteiger partial charge in [0.25, 0.3) is 0 Å². The number of pyridine rings is 1. The number of rotatable bonds is 8. The molecule has 2 rings (SSSR count). The quantitative estimate of drug-likeness (QED) is 0.267. The molecular formula is C18H24FIN4O2. The van der Waals surface area contributed by atoms with Gasteiger partial charge < -0.3 is 20.1 Å². The van der Waals surface area contributed by atoms with E-state index >= 15 is 0 Å². The summed E-state index contributed by atoms with van der Waals surface area (Å²) in [5.41, 5.74) is 1.75. The number of aliphatic imine (C=N–C) groups is 1. The van der Waals surface area contributed by atoms with E-state index in [0.29, 0.717) is 38.1 Å². The number of guanidine groups is 1. The Kier molecular flexibility index (Phi) is 10.6. The minimum atomic E-state index is -0.254. The Labute approximate surface area is 170 Å². The lowest BCUT2D eigenvalue weighted by molar-refractivity contribution is 0.143. The number of nitrogens with zero attached hydrogens (tertiary/aromatic N) is 2. The van der Waals surface area contributed by atoms with Crippen LogP contribution in [0.25, 0.3) is 0 Å². The largest absolute Gasteiger partial charge is 0.475 e. The van der Waals surface area contributed by atoms with Gasteiger partial charge in [-0.25, -0.2) is 9.37 Å². The van der Waals surface area contributed by atoms with E-state index in [0.717, 1.165) is 11.1 Å². The van der Waals surface area contributed by atoms with E-state index in [2.05, 4.69) is 20.6 Å². The molecule has 0 bridgehead atoms. The summed E-state index contributed by atoms with van der Waals surface area (Å²) in [6.45, 7) is 1.91. The first kappa shape index (κ1) is 22.1. The molecule has 2 aromatic rings. The summed E-state index contributed by atoms with van der Waals surface area (Å²) in [4.78, 5) is 8.40. The maximum Gasteiger partial charge on any atom is 0.218 e. The van der Waals surface area contributed by atoms with Crippen LogP contribution in [0.4, 0.5) is 4.39 Å². The van der Waals surface area contributed by atoms with Crippen LogP contribution < -0.4 is 15.4 Å². The van der Waals surface area contributed by atoms with E-state index in [1.54, 1.807) is 26.4 Å². The molecule has 0 amide bonds. The molecular weight excluding hydrogens is 450 g/mol. The maximum atomic E-state index is 13.2. The highest BCUT2D eigenvalue weighted by Crippen LogP contribution is 2.13. The van der Waals surface area contributed by atoms with Gasteiger partial charge in [0.15, 0.2) is 5.96 Å². The minimum Gasteiger partial charge on any atom is -0.475 e. The standard InChI is InChI=1S/C18H23FN4O2.HI/c1-20-18(22-12-14-5-3-7-16(19)11-14)23-13-15-6-4-8-21-17(15)25-10-9-24-2;/h3-8,11H,9-10,12-13H2,1-2H3,(H2,20,22,23);1H. The Morgan fingerprint density at radius 1 is 1.15 bits per heavy atom. The molecule has 1 aromatic carbocycles. The van der Waals surface area contributed by atoms with Crippen molar-refractivity contribution in [1.82, 2.24) is 15.6 Å². The van der Waals surface area contributed by atoms with Crippen molar-refractivity contribution in [3.63, 3.8) is 0 Å². The summed E-state index contributed by atoms with van der Waals surface area (Å²) in [7, 11) is 3.30. The first-order valence-corrected chi connectivity index (χ1v) is 7.97. The SMILES string of the molecule is CN=C(NCc1cccc(F)c1)NCc1cccnc1OCCOC.I. The molecule has 1 heterocycles. The zero-order chi connectivity index (χ0) is 17.9. The topological polar surface area (TPSA) is 67.8 Å². The second-order valence-corrected chi connectivity index (χ2v) is 5.22.